The highest BCUT2D eigenvalue weighted by Crippen LogP contribution is 2.30. The third-order valence-electron chi connectivity index (χ3n) is 5.66. The lowest BCUT2D eigenvalue weighted by Crippen LogP contribution is -2.52. The van der Waals surface area contributed by atoms with Crippen molar-refractivity contribution in [3.8, 4) is 5.75 Å². The van der Waals surface area contributed by atoms with Crippen LogP contribution in [0.3, 0.4) is 0 Å². The topological polar surface area (TPSA) is 58.6 Å². The molecule has 1 aliphatic carbocycles. The quantitative estimate of drug-likeness (QED) is 0.527. The van der Waals surface area contributed by atoms with Gasteiger partial charge in [-0.3, -0.25) is 9.59 Å². The van der Waals surface area contributed by atoms with Gasteiger partial charge in [-0.25, -0.2) is 0 Å². The summed E-state index contributed by atoms with van der Waals surface area (Å²) in [5, 5.41) is 3.08. The molecule has 1 aromatic rings. The Morgan fingerprint density at radius 3 is 2.22 bits per heavy atom. The van der Waals surface area contributed by atoms with Crippen LogP contribution in [-0.4, -0.2) is 49.4 Å². The monoisotopic (exact) mass is 374 g/mol. The molecule has 1 N–H and O–H groups in total. The molecule has 1 saturated carbocycles. The molecular weight excluding hydrogens is 340 g/mol. The maximum atomic E-state index is 12.3. The highest BCUT2D eigenvalue weighted by molar-refractivity contribution is 5.98. The Kier molecular flexibility index (Phi) is 8.29. The Morgan fingerprint density at radius 1 is 1.04 bits per heavy atom. The number of Topliss-reactive ketones (excluding diaryl/α,β-unsaturated/α-hetero) is 1. The number of nitrogens with zero attached hydrogens (tertiary/aromatic N) is 1. The first-order chi connectivity index (χ1) is 13.0. The van der Waals surface area contributed by atoms with Crippen molar-refractivity contribution in [2.75, 3.05) is 27.2 Å². The Hall–Kier alpha value is -1.88. The van der Waals surface area contributed by atoms with Gasteiger partial charge in [0.15, 0.2) is 5.78 Å². The van der Waals surface area contributed by atoms with E-state index in [0.29, 0.717) is 18.7 Å². The lowest BCUT2D eigenvalue weighted by Gasteiger charge is -2.39. The molecule has 0 saturated heterocycles. The second kappa shape index (κ2) is 10.5. The zero-order chi connectivity index (χ0) is 19.7. The average Bonchev–Trinajstić information content (AvgIpc) is 2.92. The Labute approximate surface area is 163 Å². The van der Waals surface area contributed by atoms with E-state index in [4.69, 9.17) is 4.74 Å². The van der Waals surface area contributed by atoms with Gasteiger partial charge in [0.1, 0.15) is 5.75 Å². The Balaban J connectivity index is 1.81. The SMILES string of the molecule is CCOc1ccc(C(=O)CCC(=O)NCC2(N(C)C)CCCCCC2)cc1. The number of carbonyl (C=O) groups excluding carboxylic acids is 2. The molecule has 0 atom stereocenters. The summed E-state index contributed by atoms with van der Waals surface area (Å²) in [6.45, 7) is 3.19. The predicted octanol–water partition coefficient (Wildman–Crippen LogP) is 3.82. The van der Waals surface area contributed by atoms with Crippen molar-refractivity contribution in [3.63, 3.8) is 0 Å². The largest absolute Gasteiger partial charge is 0.494 e. The van der Waals surface area contributed by atoms with Gasteiger partial charge in [-0.15, -0.1) is 0 Å². The van der Waals surface area contributed by atoms with E-state index in [0.717, 1.165) is 18.6 Å². The number of benzene rings is 1. The molecule has 0 aliphatic heterocycles. The molecule has 0 radical (unpaired) electrons. The first-order valence-electron chi connectivity index (χ1n) is 10.2. The molecule has 27 heavy (non-hydrogen) atoms. The molecule has 1 amide bonds. The van der Waals surface area contributed by atoms with Crippen LogP contribution in [0.4, 0.5) is 0 Å². The van der Waals surface area contributed by atoms with Gasteiger partial charge < -0.3 is 15.0 Å². The number of ether oxygens (including phenoxy) is 1. The molecule has 0 heterocycles. The van der Waals surface area contributed by atoms with E-state index in [2.05, 4.69) is 24.3 Å². The molecule has 0 aromatic heterocycles. The zero-order valence-electron chi connectivity index (χ0n) is 17.1. The molecule has 2 rings (SSSR count). The molecule has 1 aliphatic rings. The molecule has 0 bridgehead atoms. The second-order valence-electron chi connectivity index (χ2n) is 7.69. The minimum absolute atomic E-state index is 0.00927. The number of amides is 1. The fraction of sp³-hybridized carbons (Fsp3) is 0.636. The van der Waals surface area contributed by atoms with Crippen LogP contribution in [-0.2, 0) is 4.79 Å². The van der Waals surface area contributed by atoms with Gasteiger partial charge in [-0.2, -0.15) is 0 Å². The smallest absolute Gasteiger partial charge is 0.220 e. The molecule has 150 valence electrons. The summed E-state index contributed by atoms with van der Waals surface area (Å²) >= 11 is 0. The summed E-state index contributed by atoms with van der Waals surface area (Å²) in [5.41, 5.74) is 0.672. The van der Waals surface area contributed by atoms with Crippen LogP contribution < -0.4 is 10.1 Å². The predicted molar refractivity (Wildman–Crippen MR) is 108 cm³/mol. The van der Waals surface area contributed by atoms with Crippen LogP contribution in [0.5, 0.6) is 5.75 Å². The molecule has 0 unspecified atom stereocenters. The summed E-state index contributed by atoms with van der Waals surface area (Å²) in [4.78, 5) is 26.9. The van der Waals surface area contributed by atoms with E-state index in [1.54, 1.807) is 24.3 Å². The summed E-state index contributed by atoms with van der Waals surface area (Å²) in [6.07, 6.45) is 7.68. The van der Waals surface area contributed by atoms with E-state index < -0.39 is 0 Å². The van der Waals surface area contributed by atoms with Crippen LogP contribution in [0, 0.1) is 0 Å². The van der Waals surface area contributed by atoms with E-state index in [-0.39, 0.29) is 30.1 Å². The number of hydrogen-bond acceptors (Lipinski definition) is 4. The van der Waals surface area contributed by atoms with E-state index in [1.807, 2.05) is 6.92 Å². The number of rotatable bonds is 9. The molecule has 0 spiro atoms. The molecule has 5 heteroatoms. The maximum Gasteiger partial charge on any atom is 0.220 e. The van der Waals surface area contributed by atoms with Gasteiger partial charge in [0.2, 0.25) is 5.91 Å². The molecule has 1 aromatic carbocycles. The van der Waals surface area contributed by atoms with Crippen LogP contribution in [0.1, 0.15) is 68.6 Å². The van der Waals surface area contributed by atoms with Crippen molar-refractivity contribution >= 4 is 11.7 Å². The lowest BCUT2D eigenvalue weighted by molar-refractivity contribution is -0.121. The summed E-state index contributed by atoms with van der Waals surface area (Å²) < 4.78 is 5.39. The van der Waals surface area contributed by atoms with Crippen molar-refractivity contribution in [1.82, 2.24) is 10.2 Å². The number of nitrogens with one attached hydrogen (secondary N) is 1. The van der Waals surface area contributed by atoms with E-state index in [1.165, 1.54) is 25.7 Å². The van der Waals surface area contributed by atoms with Gasteiger partial charge in [0.25, 0.3) is 0 Å². The molecule has 1 fully saturated rings. The van der Waals surface area contributed by atoms with Crippen LogP contribution >= 0.6 is 0 Å². The van der Waals surface area contributed by atoms with Gasteiger partial charge in [-0.1, -0.05) is 25.7 Å². The first kappa shape index (κ1) is 21.4. The van der Waals surface area contributed by atoms with Gasteiger partial charge in [-0.05, 0) is 58.1 Å². The van der Waals surface area contributed by atoms with E-state index >= 15 is 0 Å². The summed E-state index contributed by atoms with van der Waals surface area (Å²) in [7, 11) is 4.21. The van der Waals surface area contributed by atoms with Crippen molar-refractivity contribution in [3.05, 3.63) is 29.8 Å². The fourth-order valence-corrected chi connectivity index (χ4v) is 3.80. The average molecular weight is 375 g/mol. The summed E-state index contributed by atoms with van der Waals surface area (Å²) in [6, 6.07) is 7.11. The third kappa shape index (κ3) is 6.35. The Bertz CT molecular complexity index is 602. The number of carbonyl (C=O) groups is 2. The van der Waals surface area contributed by atoms with Crippen molar-refractivity contribution in [2.45, 2.75) is 63.8 Å². The minimum Gasteiger partial charge on any atom is -0.494 e. The lowest BCUT2D eigenvalue weighted by atomic mass is 9.88. The van der Waals surface area contributed by atoms with Crippen LogP contribution in [0.15, 0.2) is 24.3 Å². The van der Waals surface area contributed by atoms with Gasteiger partial charge >= 0.3 is 0 Å². The minimum atomic E-state index is -0.0419. The highest BCUT2D eigenvalue weighted by atomic mass is 16.5. The summed E-state index contributed by atoms with van der Waals surface area (Å²) in [5.74, 6) is 0.703. The number of ketones is 1. The van der Waals surface area contributed by atoms with Crippen LogP contribution in [0.2, 0.25) is 0 Å². The van der Waals surface area contributed by atoms with Crippen LogP contribution in [0.25, 0.3) is 0 Å². The highest BCUT2D eigenvalue weighted by Gasteiger charge is 2.33. The standard InChI is InChI=1S/C22H34N2O3/c1-4-27-19-11-9-18(10-12-19)20(25)13-14-21(26)23-17-22(24(2)3)15-7-5-6-8-16-22/h9-12H,4-8,13-17H2,1-3H3,(H,23,26). The first-order valence-corrected chi connectivity index (χ1v) is 10.2. The zero-order valence-corrected chi connectivity index (χ0v) is 17.1. The number of hydrogen-bond donors (Lipinski definition) is 1. The fourth-order valence-electron chi connectivity index (χ4n) is 3.80. The van der Waals surface area contributed by atoms with E-state index in [9.17, 15) is 9.59 Å². The second-order valence-corrected chi connectivity index (χ2v) is 7.69. The van der Waals surface area contributed by atoms with Gasteiger partial charge in [0.05, 0.1) is 6.61 Å². The Morgan fingerprint density at radius 2 is 1.67 bits per heavy atom. The normalized spacial score (nSPS) is 16.6. The third-order valence-corrected chi connectivity index (χ3v) is 5.66. The van der Waals surface area contributed by atoms with Gasteiger partial charge in [0, 0.05) is 30.5 Å². The molecule has 5 nitrogen and oxygen atoms in total. The van der Waals surface area contributed by atoms with Crippen molar-refractivity contribution in [2.24, 2.45) is 0 Å². The maximum absolute atomic E-state index is 12.3. The van der Waals surface area contributed by atoms with Crippen molar-refractivity contribution in [1.29, 1.82) is 0 Å². The molecular formula is C22H34N2O3. The van der Waals surface area contributed by atoms with Crippen molar-refractivity contribution < 1.29 is 14.3 Å². The number of likely N-dealkylation sites (N-methyl/N-ethyl adjacent to an activating group) is 1.